The normalized spacial score (nSPS) is 16.4. The molecule has 106 valence electrons. The number of fused-ring (bicyclic) bond motifs is 1. The molecule has 1 aliphatic heterocycles. The van der Waals surface area contributed by atoms with Crippen LogP contribution in [0.4, 0.5) is 11.4 Å². The Labute approximate surface area is 124 Å². The van der Waals surface area contributed by atoms with Crippen molar-refractivity contribution in [1.29, 1.82) is 0 Å². The van der Waals surface area contributed by atoms with E-state index < -0.39 is 0 Å². The van der Waals surface area contributed by atoms with E-state index in [0.717, 1.165) is 29.2 Å². The standard InChI is InChI=1S/C16H21N3S/c1-11-8-13-14(10-18-11)15(17)2-3-16(13)19-9-12-4-6-20-7-5-12/h2-3,8,10,12,19H,4-7,9,17H2,1H3. The van der Waals surface area contributed by atoms with Gasteiger partial charge in [-0.3, -0.25) is 4.98 Å². The predicted molar refractivity (Wildman–Crippen MR) is 89.4 cm³/mol. The van der Waals surface area contributed by atoms with Crippen molar-refractivity contribution in [3.05, 3.63) is 30.1 Å². The van der Waals surface area contributed by atoms with E-state index in [1.165, 1.54) is 35.4 Å². The quantitative estimate of drug-likeness (QED) is 0.846. The first-order valence-corrected chi connectivity index (χ1v) is 8.36. The fourth-order valence-corrected chi connectivity index (χ4v) is 3.93. The van der Waals surface area contributed by atoms with Crippen LogP contribution in [0.2, 0.25) is 0 Å². The predicted octanol–water partition coefficient (Wildman–Crippen LogP) is 3.68. The van der Waals surface area contributed by atoms with Gasteiger partial charge in [0.2, 0.25) is 0 Å². The van der Waals surface area contributed by atoms with Crippen LogP contribution in [0.3, 0.4) is 0 Å². The van der Waals surface area contributed by atoms with Gasteiger partial charge in [0.05, 0.1) is 0 Å². The Balaban J connectivity index is 1.83. The summed E-state index contributed by atoms with van der Waals surface area (Å²) in [6.45, 7) is 3.08. The van der Waals surface area contributed by atoms with Crippen molar-refractivity contribution in [2.75, 3.05) is 29.1 Å². The lowest BCUT2D eigenvalue weighted by Crippen LogP contribution is -2.19. The number of pyridine rings is 1. The molecule has 1 aromatic heterocycles. The highest BCUT2D eigenvalue weighted by molar-refractivity contribution is 7.99. The second-order valence-electron chi connectivity index (χ2n) is 5.51. The number of thioether (sulfide) groups is 1. The molecule has 3 rings (SSSR count). The number of hydrogen-bond donors (Lipinski definition) is 2. The van der Waals surface area contributed by atoms with Crippen LogP contribution in [-0.4, -0.2) is 23.0 Å². The molecule has 0 unspecified atom stereocenters. The molecule has 0 aliphatic carbocycles. The molecule has 1 saturated heterocycles. The third-order valence-electron chi connectivity index (χ3n) is 3.99. The summed E-state index contributed by atoms with van der Waals surface area (Å²) in [7, 11) is 0. The van der Waals surface area contributed by atoms with E-state index in [4.69, 9.17) is 5.73 Å². The smallest absolute Gasteiger partial charge is 0.0422 e. The summed E-state index contributed by atoms with van der Waals surface area (Å²) >= 11 is 2.07. The summed E-state index contributed by atoms with van der Waals surface area (Å²) in [5, 5.41) is 5.84. The molecule has 0 atom stereocenters. The lowest BCUT2D eigenvalue weighted by molar-refractivity contribution is 0.516. The van der Waals surface area contributed by atoms with Gasteiger partial charge in [-0.2, -0.15) is 11.8 Å². The number of nitrogen functional groups attached to an aromatic ring is 1. The third kappa shape index (κ3) is 2.85. The van der Waals surface area contributed by atoms with E-state index in [9.17, 15) is 0 Å². The number of nitrogens with two attached hydrogens (primary N) is 1. The molecule has 0 bridgehead atoms. The fraction of sp³-hybridized carbons (Fsp3) is 0.438. The highest BCUT2D eigenvalue weighted by Gasteiger charge is 2.14. The number of nitrogens with zero attached hydrogens (tertiary/aromatic N) is 1. The van der Waals surface area contributed by atoms with Gasteiger partial charge < -0.3 is 11.1 Å². The van der Waals surface area contributed by atoms with Crippen molar-refractivity contribution < 1.29 is 0 Å². The second kappa shape index (κ2) is 5.92. The fourth-order valence-electron chi connectivity index (χ4n) is 2.72. The van der Waals surface area contributed by atoms with Gasteiger partial charge in [0.25, 0.3) is 0 Å². The second-order valence-corrected chi connectivity index (χ2v) is 6.74. The van der Waals surface area contributed by atoms with E-state index in [1.54, 1.807) is 0 Å². The number of aryl methyl sites for hydroxylation is 1. The lowest BCUT2D eigenvalue weighted by atomic mass is 10.0. The van der Waals surface area contributed by atoms with Crippen LogP contribution >= 0.6 is 11.8 Å². The SMILES string of the molecule is Cc1cc2c(NCC3CCSCC3)ccc(N)c2cn1. The zero-order chi connectivity index (χ0) is 13.9. The largest absolute Gasteiger partial charge is 0.398 e. The van der Waals surface area contributed by atoms with Crippen molar-refractivity contribution in [3.8, 4) is 0 Å². The van der Waals surface area contributed by atoms with Crippen LogP contribution < -0.4 is 11.1 Å². The molecule has 2 heterocycles. The average molecular weight is 287 g/mol. The zero-order valence-corrected chi connectivity index (χ0v) is 12.7. The van der Waals surface area contributed by atoms with E-state index >= 15 is 0 Å². The molecule has 4 heteroatoms. The van der Waals surface area contributed by atoms with Gasteiger partial charge in [-0.1, -0.05) is 0 Å². The first-order chi connectivity index (χ1) is 9.74. The molecule has 20 heavy (non-hydrogen) atoms. The van der Waals surface area contributed by atoms with Gasteiger partial charge in [0.1, 0.15) is 0 Å². The van der Waals surface area contributed by atoms with E-state index in [-0.39, 0.29) is 0 Å². The number of rotatable bonds is 3. The molecule has 1 fully saturated rings. The molecular weight excluding hydrogens is 266 g/mol. The van der Waals surface area contributed by atoms with Gasteiger partial charge in [-0.25, -0.2) is 0 Å². The molecule has 0 saturated carbocycles. The van der Waals surface area contributed by atoms with Crippen LogP contribution in [0.5, 0.6) is 0 Å². The Hall–Kier alpha value is -1.42. The van der Waals surface area contributed by atoms with Crippen LogP contribution in [0.1, 0.15) is 18.5 Å². The summed E-state index contributed by atoms with van der Waals surface area (Å²) in [6, 6.07) is 6.18. The first kappa shape index (κ1) is 13.6. The van der Waals surface area contributed by atoms with Gasteiger partial charge in [0.15, 0.2) is 0 Å². The summed E-state index contributed by atoms with van der Waals surface area (Å²) in [4.78, 5) is 4.35. The monoisotopic (exact) mass is 287 g/mol. The Morgan fingerprint density at radius 1 is 1.30 bits per heavy atom. The highest BCUT2D eigenvalue weighted by Crippen LogP contribution is 2.29. The molecule has 0 radical (unpaired) electrons. The molecular formula is C16H21N3S. The van der Waals surface area contributed by atoms with Crippen LogP contribution in [0, 0.1) is 12.8 Å². The number of anilines is 2. The first-order valence-electron chi connectivity index (χ1n) is 7.20. The van der Waals surface area contributed by atoms with Crippen molar-refractivity contribution in [2.24, 2.45) is 5.92 Å². The average Bonchev–Trinajstić information content (AvgIpc) is 2.47. The van der Waals surface area contributed by atoms with Crippen LogP contribution in [0.15, 0.2) is 24.4 Å². The van der Waals surface area contributed by atoms with Crippen molar-refractivity contribution in [3.63, 3.8) is 0 Å². The Bertz CT molecular complexity index is 606. The molecule has 0 amide bonds. The number of hydrogen-bond acceptors (Lipinski definition) is 4. The maximum atomic E-state index is 6.04. The topological polar surface area (TPSA) is 50.9 Å². The molecule has 3 nitrogen and oxygen atoms in total. The van der Waals surface area contributed by atoms with E-state index in [0.29, 0.717) is 0 Å². The summed E-state index contributed by atoms with van der Waals surface area (Å²) in [5.74, 6) is 3.40. The van der Waals surface area contributed by atoms with Crippen LogP contribution in [-0.2, 0) is 0 Å². The Morgan fingerprint density at radius 3 is 2.90 bits per heavy atom. The van der Waals surface area contributed by atoms with Crippen molar-refractivity contribution in [2.45, 2.75) is 19.8 Å². The van der Waals surface area contributed by atoms with E-state index in [2.05, 4.69) is 34.2 Å². The van der Waals surface area contributed by atoms with Gasteiger partial charge in [-0.05, 0) is 55.4 Å². The van der Waals surface area contributed by atoms with Crippen molar-refractivity contribution >= 4 is 33.9 Å². The number of benzene rings is 1. The van der Waals surface area contributed by atoms with Gasteiger partial charge >= 0.3 is 0 Å². The molecule has 1 aliphatic rings. The number of nitrogens with one attached hydrogen (secondary N) is 1. The summed E-state index contributed by atoms with van der Waals surface area (Å²) in [5.41, 5.74) is 9.05. The lowest BCUT2D eigenvalue weighted by Gasteiger charge is -2.22. The minimum Gasteiger partial charge on any atom is -0.398 e. The molecule has 0 spiro atoms. The Kier molecular flexibility index (Phi) is 4.01. The minimum absolute atomic E-state index is 0.798. The Morgan fingerprint density at radius 2 is 2.10 bits per heavy atom. The minimum atomic E-state index is 0.798. The third-order valence-corrected chi connectivity index (χ3v) is 5.04. The summed E-state index contributed by atoms with van der Waals surface area (Å²) < 4.78 is 0. The van der Waals surface area contributed by atoms with Gasteiger partial charge in [-0.15, -0.1) is 0 Å². The van der Waals surface area contributed by atoms with Crippen LogP contribution in [0.25, 0.3) is 10.8 Å². The maximum Gasteiger partial charge on any atom is 0.0422 e. The van der Waals surface area contributed by atoms with Gasteiger partial charge in [0, 0.05) is 40.6 Å². The molecule has 1 aromatic carbocycles. The number of aromatic nitrogens is 1. The zero-order valence-electron chi connectivity index (χ0n) is 11.9. The highest BCUT2D eigenvalue weighted by atomic mass is 32.2. The summed E-state index contributed by atoms with van der Waals surface area (Å²) in [6.07, 6.45) is 4.53. The van der Waals surface area contributed by atoms with E-state index in [1.807, 2.05) is 19.2 Å². The molecule has 3 N–H and O–H groups in total. The maximum absolute atomic E-state index is 6.04. The molecule has 2 aromatic rings. The van der Waals surface area contributed by atoms with Crippen molar-refractivity contribution in [1.82, 2.24) is 4.98 Å².